The number of carbonyl (C=O) groups excluding carboxylic acids is 2. The fourth-order valence-electron chi connectivity index (χ4n) is 3.44. The van der Waals surface area contributed by atoms with E-state index in [9.17, 15) is 9.59 Å². The van der Waals surface area contributed by atoms with Crippen molar-refractivity contribution in [1.82, 2.24) is 15.1 Å². The summed E-state index contributed by atoms with van der Waals surface area (Å²) in [6.45, 7) is 6.07. The van der Waals surface area contributed by atoms with Crippen LogP contribution < -0.4 is 5.32 Å². The van der Waals surface area contributed by atoms with Gasteiger partial charge in [-0.2, -0.15) is 0 Å². The van der Waals surface area contributed by atoms with E-state index in [1.165, 1.54) is 0 Å². The standard InChI is InChI=1S/C13H21N3O2/c1-9-6-14-7-11(9)13(18)15-4-5-16-10(8-15)2-3-12(16)17/h9-11,14H,2-8H2,1H3. The molecule has 0 radical (unpaired) electrons. The fraction of sp³-hybridized carbons (Fsp3) is 0.846. The molecular formula is C13H21N3O2. The zero-order valence-electron chi connectivity index (χ0n) is 10.9. The molecule has 3 aliphatic rings. The Hall–Kier alpha value is -1.10. The highest BCUT2D eigenvalue weighted by atomic mass is 16.2. The summed E-state index contributed by atoms with van der Waals surface area (Å²) in [6.07, 6.45) is 1.58. The number of hydrogen-bond acceptors (Lipinski definition) is 3. The maximum absolute atomic E-state index is 12.5. The number of hydrogen-bond donors (Lipinski definition) is 1. The molecule has 5 heteroatoms. The van der Waals surface area contributed by atoms with Crippen molar-refractivity contribution in [2.75, 3.05) is 32.7 Å². The van der Waals surface area contributed by atoms with Gasteiger partial charge in [-0.3, -0.25) is 9.59 Å². The first kappa shape index (κ1) is 12.0. The van der Waals surface area contributed by atoms with Crippen LogP contribution in [0.4, 0.5) is 0 Å². The Labute approximate surface area is 107 Å². The van der Waals surface area contributed by atoms with Gasteiger partial charge in [-0.25, -0.2) is 0 Å². The smallest absolute Gasteiger partial charge is 0.227 e. The largest absolute Gasteiger partial charge is 0.339 e. The van der Waals surface area contributed by atoms with E-state index in [1.807, 2.05) is 9.80 Å². The van der Waals surface area contributed by atoms with Gasteiger partial charge in [-0.15, -0.1) is 0 Å². The van der Waals surface area contributed by atoms with E-state index < -0.39 is 0 Å². The molecular weight excluding hydrogens is 230 g/mol. The summed E-state index contributed by atoms with van der Waals surface area (Å²) < 4.78 is 0. The maximum atomic E-state index is 12.5. The summed E-state index contributed by atoms with van der Waals surface area (Å²) in [5, 5.41) is 3.28. The van der Waals surface area contributed by atoms with Crippen LogP contribution in [0.5, 0.6) is 0 Å². The Bertz CT molecular complexity index is 371. The molecule has 0 aromatic carbocycles. The Morgan fingerprint density at radius 2 is 2.17 bits per heavy atom. The van der Waals surface area contributed by atoms with E-state index in [0.717, 1.165) is 32.6 Å². The van der Waals surface area contributed by atoms with Gasteiger partial charge >= 0.3 is 0 Å². The lowest BCUT2D eigenvalue weighted by Gasteiger charge is -2.39. The van der Waals surface area contributed by atoms with Crippen molar-refractivity contribution in [3.05, 3.63) is 0 Å². The van der Waals surface area contributed by atoms with Crippen LogP contribution in [0.3, 0.4) is 0 Å². The number of amides is 2. The summed E-state index contributed by atoms with van der Waals surface area (Å²) in [4.78, 5) is 28.0. The van der Waals surface area contributed by atoms with E-state index in [0.29, 0.717) is 18.9 Å². The average Bonchev–Trinajstić information content (AvgIpc) is 2.95. The number of nitrogens with zero attached hydrogens (tertiary/aromatic N) is 2. The molecule has 3 unspecified atom stereocenters. The van der Waals surface area contributed by atoms with Crippen molar-refractivity contribution in [3.63, 3.8) is 0 Å². The molecule has 0 saturated carbocycles. The molecule has 18 heavy (non-hydrogen) atoms. The van der Waals surface area contributed by atoms with Gasteiger partial charge < -0.3 is 15.1 Å². The fourth-order valence-corrected chi connectivity index (χ4v) is 3.44. The van der Waals surface area contributed by atoms with E-state index in [-0.39, 0.29) is 23.8 Å². The summed E-state index contributed by atoms with van der Waals surface area (Å²) in [6, 6.07) is 0.278. The van der Waals surface area contributed by atoms with E-state index in [1.54, 1.807) is 0 Å². The molecule has 3 aliphatic heterocycles. The molecule has 3 fully saturated rings. The van der Waals surface area contributed by atoms with Gasteiger partial charge in [0.15, 0.2) is 0 Å². The van der Waals surface area contributed by atoms with Gasteiger partial charge in [0.2, 0.25) is 11.8 Å². The molecule has 3 rings (SSSR count). The van der Waals surface area contributed by atoms with E-state index >= 15 is 0 Å². The number of piperazine rings is 1. The Morgan fingerprint density at radius 1 is 1.33 bits per heavy atom. The lowest BCUT2D eigenvalue weighted by atomic mass is 9.96. The van der Waals surface area contributed by atoms with Gasteiger partial charge in [-0.05, 0) is 18.9 Å². The highest BCUT2D eigenvalue weighted by Gasteiger charge is 2.40. The Morgan fingerprint density at radius 3 is 2.89 bits per heavy atom. The highest BCUT2D eigenvalue weighted by Crippen LogP contribution is 2.25. The molecule has 3 atom stereocenters. The second-order valence-corrected chi connectivity index (χ2v) is 5.81. The molecule has 5 nitrogen and oxygen atoms in total. The molecule has 3 heterocycles. The van der Waals surface area contributed by atoms with Crippen LogP contribution >= 0.6 is 0 Å². The second kappa shape index (κ2) is 4.53. The van der Waals surface area contributed by atoms with Gasteiger partial charge in [0.1, 0.15) is 0 Å². The predicted octanol–water partition coefficient (Wildman–Crippen LogP) is -0.325. The molecule has 3 saturated heterocycles. The summed E-state index contributed by atoms with van der Waals surface area (Å²) >= 11 is 0. The normalized spacial score (nSPS) is 36.1. The summed E-state index contributed by atoms with van der Waals surface area (Å²) in [5.74, 6) is 1.11. The zero-order chi connectivity index (χ0) is 12.7. The third kappa shape index (κ3) is 1.90. The first-order chi connectivity index (χ1) is 8.66. The Balaban J connectivity index is 1.64. The molecule has 0 aromatic heterocycles. The molecule has 0 spiro atoms. The monoisotopic (exact) mass is 251 g/mol. The third-order valence-electron chi connectivity index (χ3n) is 4.64. The zero-order valence-corrected chi connectivity index (χ0v) is 10.9. The third-order valence-corrected chi connectivity index (χ3v) is 4.64. The van der Waals surface area contributed by atoms with Crippen LogP contribution in [-0.2, 0) is 9.59 Å². The van der Waals surface area contributed by atoms with Gasteiger partial charge in [0.25, 0.3) is 0 Å². The molecule has 2 amide bonds. The molecule has 0 bridgehead atoms. The van der Waals surface area contributed by atoms with E-state index in [4.69, 9.17) is 0 Å². The number of nitrogens with one attached hydrogen (secondary N) is 1. The summed E-state index contributed by atoms with van der Waals surface area (Å²) in [5.41, 5.74) is 0. The predicted molar refractivity (Wildman–Crippen MR) is 66.8 cm³/mol. The van der Waals surface area contributed by atoms with Crippen LogP contribution in [0.2, 0.25) is 0 Å². The average molecular weight is 251 g/mol. The molecule has 1 N–H and O–H groups in total. The number of carbonyl (C=O) groups is 2. The SMILES string of the molecule is CC1CNCC1C(=O)N1CCN2C(=O)CCC2C1. The van der Waals surface area contributed by atoms with E-state index in [2.05, 4.69) is 12.2 Å². The van der Waals surface area contributed by atoms with Crippen molar-refractivity contribution in [1.29, 1.82) is 0 Å². The Kier molecular flexibility index (Phi) is 3.01. The maximum Gasteiger partial charge on any atom is 0.227 e. The van der Waals surface area contributed by atoms with Gasteiger partial charge in [0, 0.05) is 38.6 Å². The van der Waals surface area contributed by atoms with Crippen molar-refractivity contribution >= 4 is 11.8 Å². The first-order valence-electron chi connectivity index (χ1n) is 6.96. The van der Waals surface area contributed by atoms with Crippen molar-refractivity contribution in [2.45, 2.75) is 25.8 Å². The second-order valence-electron chi connectivity index (χ2n) is 5.81. The highest BCUT2D eigenvalue weighted by molar-refractivity contribution is 5.82. The molecule has 0 aromatic rings. The van der Waals surface area contributed by atoms with Crippen LogP contribution in [0.1, 0.15) is 19.8 Å². The minimum absolute atomic E-state index is 0.133. The van der Waals surface area contributed by atoms with Crippen molar-refractivity contribution in [2.24, 2.45) is 11.8 Å². The van der Waals surface area contributed by atoms with Crippen LogP contribution in [-0.4, -0.2) is 60.4 Å². The van der Waals surface area contributed by atoms with Crippen molar-refractivity contribution in [3.8, 4) is 0 Å². The lowest BCUT2D eigenvalue weighted by Crippen LogP contribution is -2.54. The molecule has 100 valence electrons. The minimum Gasteiger partial charge on any atom is -0.339 e. The number of rotatable bonds is 1. The lowest BCUT2D eigenvalue weighted by molar-refractivity contribution is -0.142. The molecule has 0 aliphatic carbocycles. The van der Waals surface area contributed by atoms with Crippen LogP contribution in [0.15, 0.2) is 0 Å². The summed E-state index contributed by atoms with van der Waals surface area (Å²) in [7, 11) is 0. The van der Waals surface area contributed by atoms with Crippen LogP contribution in [0, 0.1) is 11.8 Å². The quantitative estimate of drug-likeness (QED) is 0.694. The first-order valence-corrected chi connectivity index (χ1v) is 6.96. The van der Waals surface area contributed by atoms with Crippen molar-refractivity contribution < 1.29 is 9.59 Å². The van der Waals surface area contributed by atoms with Gasteiger partial charge in [-0.1, -0.05) is 6.92 Å². The van der Waals surface area contributed by atoms with Gasteiger partial charge in [0.05, 0.1) is 5.92 Å². The topological polar surface area (TPSA) is 52.7 Å². The number of fused-ring (bicyclic) bond motifs is 1. The van der Waals surface area contributed by atoms with Crippen LogP contribution in [0.25, 0.3) is 0 Å². The minimum atomic E-state index is 0.133.